The van der Waals surface area contributed by atoms with Gasteiger partial charge >= 0.3 is 6.18 Å². The van der Waals surface area contributed by atoms with E-state index < -0.39 is 11.7 Å². The molecule has 1 aromatic heterocycles. The number of pyridine rings is 1. The van der Waals surface area contributed by atoms with E-state index in [1.807, 2.05) is 17.0 Å². The maximum atomic E-state index is 12.9. The summed E-state index contributed by atoms with van der Waals surface area (Å²) >= 11 is 0. The molecular formula is C23H27F3N4O2. The molecule has 172 valence electrons. The smallest absolute Gasteiger partial charge is 0.416 e. The zero-order valence-corrected chi connectivity index (χ0v) is 17.8. The Labute approximate surface area is 185 Å². The number of ether oxygens (including phenoxy) is 1. The minimum Gasteiger partial charge on any atom is -0.478 e. The molecule has 4 rings (SSSR count). The zero-order valence-electron chi connectivity index (χ0n) is 17.8. The molecule has 0 aliphatic carbocycles. The van der Waals surface area contributed by atoms with Gasteiger partial charge in [0.05, 0.1) is 12.2 Å². The van der Waals surface area contributed by atoms with Crippen molar-refractivity contribution in [3.8, 4) is 5.88 Å². The van der Waals surface area contributed by atoms with Crippen LogP contribution < -0.4 is 15.0 Å². The third-order valence-corrected chi connectivity index (χ3v) is 5.86. The zero-order chi connectivity index (χ0) is 22.6. The number of anilines is 2. The van der Waals surface area contributed by atoms with Gasteiger partial charge in [-0.15, -0.1) is 0 Å². The average molecular weight is 448 g/mol. The summed E-state index contributed by atoms with van der Waals surface area (Å²) in [5.41, 5.74) is 1.05. The van der Waals surface area contributed by atoms with E-state index in [-0.39, 0.29) is 5.91 Å². The molecule has 2 aliphatic heterocycles. The number of benzene rings is 1. The number of nitrogens with zero attached hydrogens (tertiary/aromatic N) is 3. The maximum absolute atomic E-state index is 12.9. The Kier molecular flexibility index (Phi) is 6.83. The van der Waals surface area contributed by atoms with Gasteiger partial charge in [-0.25, -0.2) is 0 Å². The Morgan fingerprint density at radius 1 is 1.03 bits per heavy atom. The Hall–Kier alpha value is -2.81. The predicted octanol–water partition coefficient (Wildman–Crippen LogP) is 3.97. The number of nitrogens with one attached hydrogen (secondary N) is 1. The van der Waals surface area contributed by atoms with Crippen LogP contribution in [0.3, 0.4) is 0 Å². The number of unbranched alkanes of at least 4 members (excludes halogenated alkanes) is 1. The SMILES string of the molecule is O=C1CCc2ccc(OCCCCN3CCN(c4cccc(C(F)(F)F)c4)CC3)nc2N1. The van der Waals surface area contributed by atoms with E-state index >= 15 is 0 Å². The van der Waals surface area contributed by atoms with Gasteiger partial charge in [-0.05, 0) is 55.6 Å². The maximum Gasteiger partial charge on any atom is 0.416 e. The van der Waals surface area contributed by atoms with Gasteiger partial charge < -0.3 is 15.0 Å². The summed E-state index contributed by atoms with van der Waals surface area (Å²) in [6.07, 6.45) is -1.29. The number of hydrogen-bond acceptors (Lipinski definition) is 5. The molecule has 1 fully saturated rings. The molecule has 1 N–H and O–H groups in total. The standard InChI is InChI=1S/C23H27F3N4O2/c24-23(25,26)18-4-3-5-19(16-18)30-13-11-29(12-14-30)10-1-2-15-32-21-9-7-17-6-8-20(31)27-22(17)28-21/h3-5,7,9,16H,1-2,6,8,10-15H2,(H,27,28,31). The average Bonchev–Trinajstić information content (AvgIpc) is 2.78. The van der Waals surface area contributed by atoms with E-state index in [1.54, 1.807) is 6.07 Å². The number of amides is 1. The van der Waals surface area contributed by atoms with Crippen LogP contribution in [-0.4, -0.2) is 55.1 Å². The second-order valence-electron chi connectivity index (χ2n) is 8.14. The topological polar surface area (TPSA) is 57.7 Å². The summed E-state index contributed by atoms with van der Waals surface area (Å²) in [5, 5.41) is 2.77. The van der Waals surface area contributed by atoms with Gasteiger partial charge in [0, 0.05) is 44.4 Å². The number of aryl methyl sites for hydroxylation is 1. The first-order chi connectivity index (χ1) is 15.4. The highest BCUT2D eigenvalue weighted by Crippen LogP contribution is 2.32. The largest absolute Gasteiger partial charge is 0.478 e. The molecule has 0 unspecified atom stereocenters. The van der Waals surface area contributed by atoms with Crippen molar-refractivity contribution in [1.82, 2.24) is 9.88 Å². The molecular weight excluding hydrogens is 421 g/mol. The van der Waals surface area contributed by atoms with Crippen molar-refractivity contribution in [2.24, 2.45) is 0 Å². The van der Waals surface area contributed by atoms with Gasteiger partial charge in [-0.3, -0.25) is 9.69 Å². The van der Waals surface area contributed by atoms with Crippen molar-refractivity contribution in [3.63, 3.8) is 0 Å². The summed E-state index contributed by atoms with van der Waals surface area (Å²) < 4.78 is 44.6. The molecule has 32 heavy (non-hydrogen) atoms. The fraction of sp³-hybridized carbons (Fsp3) is 0.478. The first-order valence-electron chi connectivity index (χ1n) is 11.0. The molecule has 0 atom stereocenters. The number of aromatic nitrogens is 1. The number of hydrogen-bond donors (Lipinski definition) is 1. The van der Waals surface area contributed by atoms with E-state index in [0.29, 0.717) is 49.9 Å². The highest BCUT2D eigenvalue weighted by atomic mass is 19.4. The lowest BCUT2D eigenvalue weighted by Crippen LogP contribution is -2.46. The number of carbonyl (C=O) groups is 1. The van der Waals surface area contributed by atoms with Crippen LogP contribution in [0.15, 0.2) is 36.4 Å². The lowest BCUT2D eigenvalue weighted by molar-refractivity contribution is -0.137. The first kappa shape index (κ1) is 22.4. The van der Waals surface area contributed by atoms with Crippen molar-refractivity contribution in [1.29, 1.82) is 0 Å². The van der Waals surface area contributed by atoms with Crippen LogP contribution in [0.4, 0.5) is 24.7 Å². The number of halogens is 3. The fourth-order valence-electron chi connectivity index (χ4n) is 4.03. The molecule has 0 saturated carbocycles. The second-order valence-corrected chi connectivity index (χ2v) is 8.14. The van der Waals surface area contributed by atoms with Crippen LogP contribution in [0.1, 0.15) is 30.4 Å². The Morgan fingerprint density at radius 2 is 1.84 bits per heavy atom. The molecule has 1 saturated heterocycles. The summed E-state index contributed by atoms with van der Waals surface area (Å²) in [6.45, 7) is 4.54. The van der Waals surface area contributed by atoms with Crippen LogP contribution in [0.2, 0.25) is 0 Å². The van der Waals surface area contributed by atoms with Gasteiger partial charge in [0.25, 0.3) is 0 Å². The summed E-state index contributed by atoms with van der Waals surface area (Å²) in [6, 6.07) is 9.33. The molecule has 2 aliphatic rings. The van der Waals surface area contributed by atoms with Crippen LogP contribution in [0, 0.1) is 0 Å². The van der Waals surface area contributed by atoms with E-state index in [2.05, 4.69) is 15.2 Å². The van der Waals surface area contributed by atoms with Crippen molar-refractivity contribution in [2.75, 3.05) is 49.5 Å². The number of fused-ring (bicyclic) bond motifs is 1. The van der Waals surface area contributed by atoms with Crippen LogP contribution in [-0.2, 0) is 17.4 Å². The van der Waals surface area contributed by atoms with Crippen LogP contribution in [0.5, 0.6) is 5.88 Å². The highest BCUT2D eigenvalue weighted by Gasteiger charge is 2.31. The van der Waals surface area contributed by atoms with E-state index in [0.717, 1.165) is 44.1 Å². The van der Waals surface area contributed by atoms with Gasteiger partial charge in [0.1, 0.15) is 5.82 Å². The van der Waals surface area contributed by atoms with E-state index in [9.17, 15) is 18.0 Å². The Morgan fingerprint density at radius 3 is 2.62 bits per heavy atom. The molecule has 1 amide bonds. The molecule has 0 radical (unpaired) electrons. The molecule has 9 heteroatoms. The normalized spacial score (nSPS) is 17.1. The minimum atomic E-state index is -4.32. The number of piperazine rings is 1. The van der Waals surface area contributed by atoms with Crippen LogP contribution in [0.25, 0.3) is 0 Å². The van der Waals surface area contributed by atoms with Crippen molar-refractivity contribution in [3.05, 3.63) is 47.5 Å². The molecule has 1 aromatic carbocycles. The Bertz CT molecular complexity index is 943. The van der Waals surface area contributed by atoms with E-state index in [1.165, 1.54) is 12.1 Å². The van der Waals surface area contributed by atoms with Gasteiger partial charge in [-0.1, -0.05) is 6.07 Å². The van der Waals surface area contributed by atoms with Gasteiger partial charge in [-0.2, -0.15) is 18.2 Å². The van der Waals surface area contributed by atoms with Gasteiger partial charge in [0.2, 0.25) is 11.8 Å². The highest BCUT2D eigenvalue weighted by molar-refractivity contribution is 5.92. The summed E-state index contributed by atoms with van der Waals surface area (Å²) in [4.78, 5) is 20.2. The second kappa shape index (κ2) is 9.77. The molecule has 6 nitrogen and oxygen atoms in total. The molecule has 0 bridgehead atoms. The number of carbonyl (C=O) groups excluding carboxylic acids is 1. The van der Waals surface area contributed by atoms with Crippen molar-refractivity contribution >= 4 is 17.4 Å². The number of alkyl halides is 3. The third-order valence-electron chi connectivity index (χ3n) is 5.86. The number of rotatable bonds is 7. The molecule has 3 heterocycles. The quantitative estimate of drug-likeness (QED) is 0.650. The van der Waals surface area contributed by atoms with Crippen molar-refractivity contribution < 1.29 is 22.7 Å². The monoisotopic (exact) mass is 448 g/mol. The van der Waals surface area contributed by atoms with Gasteiger partial charge in [0.15, 0.2) is 0 Å². The first-order valence-corrected chi connectivity index (χ1v) is 11.0. The fourth-order valence-corrected chi connectivity index (χ4v) is 4.03. The minimum absolute atomic E-state index is 0.0182. The van der Waals surface area contributed by atoms with E-state index in [4.69, 9.17) is 4.74 Å². The predicted molar refractivity (Wildman–Crippen MR) is 116 cm³/mol. The molecule has 0 spiro atoms. The van der Waals surface area contributed by atoms with Crippen LogP contribution >= 0.6 is 0 Å². The summed E-state index contributed by atoms with van der Waals surface area (Å²) in [7, 11) is 0. The third kappa shape index (κ3) is 5.70. The molecule has 2 aromatic rings. The lowest BCUT2D eigenvalue weighted by Gasteiger charge is -2.36. The summed E-state index contributed by atoms with van der Waals surface area (Å²) in [5.74, 6) is 1.09. The Balaban J connectivity index is 1.16. The lowest BCUT2D eigenvalue weighted by atomic mass is 10.1. The van der Waals surface area contributed by atoms with Crippen molar-refractivity contribution in [2.45, 2.75) is 31.9 Å².